The largest absolute Gasteiger partial charge is 0.497 e. The Morgan fingerprint density at radius 2 is 1.81 bits per heavy atom. The molecule has 0 aromatic heterocycles. The molecule has 0 spiro atoms. The van der Waals surface area contributed by atoms with Crippen LogP contribution in [0.1, 0.15) is 35.2 Å². The number of fused-ring (bicyclic) bond motifs is 1. The number of carbonyl (C=O) groups excluding carboxylic acids is 2. The first-order chi connectivity index (χ1) is 15.4. The second kappa shape index (κ2) is 8.86. The Morgan fingerprint density at radius 3 is 2.47 bits per heavy atom. The van der Waals surface area contributed by atoms with Crippen molar-refractivity contribution in [1.82, 2.24) is 4.90 Å². The number of nitro benzene ring substituents is 1. The van der Waals surface area contributed by atoms with Crippen molar-refractivity contribution in [3.63, 3.8) is 0 Å². The highest BCUT2D eigenvalue weighted by Gasteiger charge is 2.35. The summed E-state index contributed by atoms with van der Waals surface area (Å²) in [5.74, 6) is 0.967. The molecule has 1 fully saturated rings. The average molecular weight is 439 g/mol. The lowest BCUT2D eigenvalue weighted by Gasteiger charge is -2.41. The van der Waals surface area contributed by atoms with Crippen LogP contribution in [-0.4, -0.2) is 55.0 Å². The number of anilines is 1. The minimum absolute atomic E-state index is 0.0213. The van der Waals surface area contributed by atoms with Gasteiger partial charge in [-0.25, -0.2) is 0 Å². The Bertz CT molecular complexity index is 1060. The normalized spacial score (nSPS) is 16.5. The molecular formula is C23H25N3O6. The van der Waals surface area contributed by atoms with Crippen molar-refractivity contribution in [3.8, 4) is 11.5 Å². The number of likely N-dealkylation sites (tertiary alicyclic amines) is 1. The van der Waals surface area contributed by atoms with Crippen molar-refractivity contribution < 1.29 is 24.0 Å². The van der Waals surface area contributed by atoms with Crippen LogP contribution in [0.2, 0.25) is 0 Å². The number of hydrogen-bond acceptors (Lipinski definition) is 6. The number of rotatable bonds is 5. The SMILES string of the molecule is COc1ccc(C(=O)N2CCC(N3C(=O)CCc4cc([N+](=O)[O-])ccc43)CC2)c(OC)c1. The summed E-state index contributed by atoms with van der Waals surface area (Å²) >= 11 is 0. The maximum absolute atomic E-state index is 13.1. The van der Waals surface area contributed by atoms with Crippen molar-refractivity contribution in [3.05, 3.63) is 57.6 Å². The average Bonchev–Trinajstić information content (AvgIpc) is 2.82. The maximum atomic E-state index is 13.1. The van der Waals surface area contributed by atoms with Crippen molar-refractivity contribution in [2.24, 2.45) is 0 Å². The molecule has 0 radical (unpaired) electrons. The number of nitrogens with zero attached hydrogens (tertiary/aromatic N) is 3. The summed E-state index contributed by atoms with van der Waals surface area (Å²) in [6.07, 6.45) is 2.09. The van der Waals surface area contributed by atoms with Crippen molar-refractivity contribution in [1.29, 1.82) is 0 Å². The minimum atomic E-state index is -0.418. The van der Waals surface area contributed by atoms with Gasteiger partial charge in [-0.05, 0) is 43.0 Å². The van der Waals surface area contributed by atoms with Crippen molar-refractivity contribution in [2.75, 3.05) is 32.2 Å². The van der Waals surface area contributed by atoms with Crippen LogP contribution in [0.3, 0.4) is 0 Å². The Labute approximate surface area is 185 Å². The van der Waals surface area contributed by atoms with Gasteiger partial charge < -0.3 is 19.3 Å². The Kier molecular flexibility index (Phi) is 5.98. The lowest BCUT2D eigenvalue weighted by atomic mass is 9.94. The van der Waals surface area contributed by atoms with E-state index in [1.807, 2.05) is 0 Å². The number of aryl methyl sites for hydroxylation is 1. The molecule has 0 unspecified atom stereocenters. The predicted molar refractivity (Wildman–Crippen MR) is 117 cm³/mol. The molecule has 168 valence electrons. The zero-order valence-electron chi connectivity index (χ0n) is 18.1. The Balaban J connectivity index is 1.49. The van der Waals surface area contributed by atoms with Crippen LogP contribution in [0, 0.1) is 10.1 Å². The standard InChI is InChI=1S/C23H25N3O6/c1-31-18-5-6-19(21(14-18)32-2)23(28)24-11-9-16(10-12-24)25-20-7-4-17(26(29)30)13-15(20)3-8-22(25)27/h4-7,13-14,16H,3,8-12H2,1-2H3. The number of nitro groups is 1. The molecule has 2 aromatic carbocycles. The van der Waals surface area contributed by atoms with Crippen LogP contribution in [0.15, 0.2) is 36.4 Å². The lowest BCUT2D eigenvalue weighted by Crippen LogP contribution is -2.50. The van der Waals surface area contributed by atoms with E-state index in [4.69, 9.17) is 9.47 Å². The first kappa shape index (κ1) is 21.6. The van der Waals surface area contributed by atoms with Crippen LogP contribution in [0.25, 0.3) is 0 Å². The van der Waals surface area contributed by atoms with Crippen LogP contribution in [0.4, 0.5) is 11.4 Å². The highest BCUT2D eigenvalue weighted by Crippen LogP contribution is 2.35. The molecule has 2 amide bonds. The Morgan fingerprint density at radius 1 is 1.06 bits per heavy atom. The summed E-state index contributed by atoms with van der Waals surface area (Å²) < 4.78 is 10.6. The van der Waals surface area contributed by atoms with Crippen molar-refractivity contribution in [2.45, 2.75) is 31.7 Å². The van der Waals surface area contributed by atoms with E-state index in [-0.39, 0.29) is 23.5 Å². The molecule has 9 nitrogen and oxygen atoms in total. The molecular weight excluding hydrogens is 414 g/mol. The van der Waals surface area contributed by atoms with Gasteiger partial charge in [0.05, 0.1) is 24.7 Å². The quantitative estimate of drug-likeness (QED) is 0.524. The topological polar surface area (TPSA) is 102 Å². The van der Waals surface area contributed by atoms with E-state index in [0.29, 0.717) is 55.8 Å². The fourth-order valence-corrected chi connectivity index (χ4v) is 4.49. The molecule has 0 N–H and O–H groups in total. The monoisotopic (exact) mass is 439 g/mol. The van der Waals surface area contributed by atoms with Gasteiger partial charge in [-0.1, -0.05) is 0 Å². The van der Waals surface area contributed by atoms with E-state index in [1.54, 1.807) is 47.2 Å². The number of benzene rings is 2. The summed E-state index contributed by atoms with van der Waals surface area (Å²) in [7, 11) is 3.07. The first-order valence-electron chi connectivity index (χ1n) is 10.5. The lowest BCUT2D eigenvalue weighted by molar-refractivity contribution is -0.384. The van der Waals surface area contributed by atoms with Crippen LogP contribution < -0.4 is 14.4 Å². The van der Waals surface area contributed by atoms with E-state index in [1.165, 1.54) is 13.2 Å². The van der Waals surface area contributed by atoms with E-state index >= 15 is 0 Å². The molecule has 0 atom stereocenters. The molecule has 2 aliphatic heterocycles. The summed E-state index contributed by atoms with van der Waals surface area (Å²) in [4.78, 5) is 40.1. The van der Waals surface area contributed by atoms with Gasteiger partial charge in [-0.15, -0.1) is 0 Å². The van der Waals surface area contributed by atoms with Gasteiger partial charge in [0.1, 0.15) is 11.5 Å². The second-order valence-corrected chi connectivity index (χ2v) is 7.92. The fraction of sp³-hybridized carbons (Fsp3) is 0.391. The van der Waals surface area contributed by atoms with Crippen molar-refractivity contribution >= 4 is 23.2 Å². The van der Waals surface area contributed by atoms with Gasteiger partial charge in [-0.3, -0.25) is 19.7 Å². The number of non-ortho nitro benzene ring substituents is 1. The van der Waals surface area contributed by atoms with E-state index in [9.17, 15) is 19.7 Å². The number of ether oxygens (including phenoxy) is 2. The number of carbonyl (C=O) groups is 2. The van der Waals surface area contributed by atoms with Crippen LogP contribution >= 0.6 is 0 Å². The predicted octanol–water partition coefficient (Wildman–Crippen LogP) is 3.20. The molecule has 2 aromatic rings. The smallest absolute Gasteiger partial charge is 0.269 e. The zero-order valence-corrected chi connectivity index (χ0v) is 18.1. The molecule has 9 heteroatoms. The maximum Gasteiger partial charge on any atom is 0.269 e. The summed E-state index contributed by atoms with van der Waals surface area (Å²) in [5.41, 5.74) is 2.07. The van der Waals surface area contributed by atoms with Gasteiger partial charge in [0, 0.05) is 49.4 Å². The third-order valence-corrected chi connectivity index (χ3v) is 6.17. The van der Waals surface area contributed by atoms with Gasteiger partial charge >= 0.3 is 0 Å². The van der Waals surface area contributed by atoms with E-state index in [2.05, 4.69) is 0 Å². The van der Waals surface area contributed by atoms with Gasteiger partial charge in [0.15, 0.2) is 0 Å². The third-order valence-electron chi connectivity index (χ3n) is 6.17. The number of hydrogen-bond donors (Lipinski definition) is 0. The van der Waals surface area contributed by atoms with Crippen LogP contribution in [0.5, 0.6) is 11.5 Å². The molecule has 4 rings (SSSR count). The fourth-order valence-electron chi connectivity index (χ4n) is 4.49. The summed E-state index contributed by atoms with van der Waals surface area (Å²) in [6, 6.07) is 9.73. The highest BCUT2D eigenvalue weighted by molar-refractivity contribution is 5.98. The highest BCUT2D eigenvalue weighted by atomic mass is 16.6. The molecule has 1 saturated heterocycles. The number of methoxy groups -OCH3 is 2. The van der Waals surface area contributed by atoms with Crippen LogP contribution in [-0.2, 0) is 11.2 Å². The van der Waals surface area contributed by atoms with E-state index < -0.39 is 4.92 Å². The van der Waals surface area contributed by atoms with Gasteiger partial charge in [0.2, 0.25) is 5.91 Å². The molecule has 0 aliphatic carbocycles. The third kappa shape index (κ3) is 3.98. The number of piperidine rings is 1. The summed E-state index contributed by atoms with van der Waals surface area (Å²) in [6.45, 7) is 1.01. The molecule has 32 heavy (non-hydrogen) atoms. The molecule has 0 bridgehead atoms. The molecule has 2 heterocycles. The molecule has 2 aliphatic rings. The summed E-state index contributed by atoms with van der Waals surface area (Å²) in [5, 5.41) is 11.1. The van der Waals surface area contributed by atoms with E-state index in [0.717, 1.165) is 11.3 Å². The van der Waals surface area contributed by atoms with Gasteiger partial charge in [0.25, 0.3) is 11.6 Å². The molecule has 0 saturated carbocycles. The number of amides is 2. The first-order valence-corrected chi connectivity index (χ1v) is 10.5. The second-order valence-electron chi connectivity index (χ2n) is 7.92. The zero-order chi connectivity index (χ0) is 22.8. The van der Waals surface area contributed by atoms with Gasteiger partial charge in [-0.2, -0.15) is 0 Å². The Hall–Kier alpha value is -3.62. The minimum Gasteiger partial charge on any atom is -0.497 e.